The minimum atomic E-state index is -1.24. The Balaban J connectivity index is 2.10. The summed E-state index contributed by atoms with van der Waals surface area (Å²) in [6.07, 6.45) is 2.24. The number of benzene rings is 2. The van der Waals surface area contributed by atoms with Gasteiger partial charge in [-0.1, -0.05) is 0 Å². The highest BCUT2D eigenvalue weighted by Gasteiger charge is 2.24. The molecule has 1 aliphatic heterocycles. The number of likely N-dealkylation sites (N-methyl/N-ethyl adjacent to an activating group) is 1. The zero-order valence-corrected chi connectivity index (χ0v) is 17.4. The van der Waals surface area contributed by atoms with Gasteiger partial charge >= 0.3 is 5.97 Å². The van der Waals surface area contributed by atoms with Crippen molar-refractivity contribution in [2.75, 3.05) is 41.7 Å². The number of hydrogen-bond acceptors (Lipinski definition) is 7. The van der Waals surface area contributed by atoms with Gasteiger partial charge in [-0.2, -0.15) is 0 Å². The van der Waals surface area contributed by atoms with Crippen LogP contribution in [0, 0.1) is 0 Å². The molecule has 160 valence electrons. The van der Waals surface area contributed by atoms with Crippen LogP contribution in [0.3, 0.4) is 0 Å². The first-order valence-corrected chi connectivity index (χ1v) is 9.32. The summed E-state index contributed by atoms with van der Waals surface area (Å²) in [5.41, 5.74) is 1.60. The zero-order valence-electron chi connectivity index (χ0n) is 17.4. The van der Waals surface area contributed by atoms with Gasteiger partial charge in [0.25, 0.3) is 0 Å². The third kappa shape index (κ3) is 4.28. The van der Waals surface area contributed by atoms with Crippen molar-refractivity contribution in [3.8, 4) is 23.0 Å². The number of rotatable bonds is 8. The standard InChI is InChI=1S/C22H25NO7/c1-23(2)8-7-13-10-18-19(30-12-29-18)11-14(13)9-16(24)15-5-6-17(27-3)21(28-4)20(15)22(25)26/h5-6,9-11,24H,7-8,12H2,1-4H3,(H,25,26)/b16-9-. The van der Waals surface area contributed by atoms with Crippen LogP contribution in [0.4, 0.5) is 0 Å². The molecule has 8 nitrogen and oxygen atoms in total. The first-order valence-electron chi connectivity index (χ1n) is 9.32. The van der Waals surface area contributed by atoms with Gasteiger partial charge in [0.1, 0.15) is 11.3 Å². The average molecular weight is 415 g/mol. The number of aromatic carboxylic acids is 1. The second kappa shape index (κ2) is 8.96. The van der Waals surface area contributed by atoms with Crippen molar-refractivity contribution in [2.24, 2.45) is 0 Å². The molecule has 0 spiro atoms. The fourth-order valence-corrected chi connectivity index (χ4v) is 3.27. The molecule has 1 aliphatic rings. The molecule has 0 aliphatic carbocycles. The molecule has 0 aromatic heterocycles. The lowest BCUT2D eigenvalue weighted by Gasteiger charge is -2.15. The number of aliphatic hydroxyl groups excluding tert-OH is 1. The van der Waals surface area contributed by atoms with Crippen molar-refractivity contribution < 1.29 is 34.0 Å². The molecule has 0 amide bonds. The Morgan fingerprint density at radius 3 is 2.43 bits per heavy atom. The van der Waals surface area contributed by atoms with Gasteiger partial charge in [-0.05, 0) is 62.0 Å². The van der Waals surface area contributed by atoms with Crippen LogP contribution in [0.5, 0.6) is 23.0 Å². The number of fused-ring (bicyclic) bond motifs is 1. The molecule has 0 radical (unpaired) electrons. The van der Waals surface area contributed by atoms with Gasteiger partial charge in [-0.3, -0.25) is 0 Å². The molecule has 0 saturated carbocycles. The average Bonchev–Trinajstić information content (AvgIpc) is 3.17. The molecule has 0 fully saturated rings. The smallest absolute Gasteiger partial charge is 0.340 e. The molecule has 2 N–H and O–H groups in total. The van der Waals surface area contributed by atoms with Gasteiger partial charge in [0.15, 0.2) is 23.0 Å². The predicted molar refractivity (Wildman–Crippen MR) is 112 cm³/mol. The fraction of sp³-hybridized carbons (Fsp3) is 0.318. The third-order valence-corrected chi connectivity index (χ3v) is 4.79. The van der Waals surface area contributed by atoms with Crippen molar-refractivity contribution in [1.29, 1.82) is 0 Å². The monoisotopic (exact) mass is 415 g/mol. The van der Waals surface area contributed by atoms with Gasteiger partial charge in [0.05, 0.1) is 14.2 Å². The van der Waals surface area contributed by atoms with E-state index in [9.17, 15) is 15.0 Å². The maximum Gasteiger partial charge on any atom is 0.340 e. The van der Waals surface area contributed by atoms with Crippen LogP contribution in [0.1, 0.15) is 27.0 Å². The van der Waals surface area contributed by atoms with E-state index in [0.717, 1.165) is 12.1 Å². The van der Waals surface area contributed by atoms with Crippen molar-refractivity contribution >= 4 is 17.8 Å². The molecule has 0 atom stereocenters. The number of nitrogens with zero attached hydrogens (tertiary/aromatic N) is 1. The van der Waals surface area contributed by atoms with Crippen LogP contribution < -0.4 is 18.9 Å². The molecule has 0 unspecified atom stereocenters. The number of carbonyl (C=O) groups is 1. The van der Waals surface area contributed by atoms with Gasteiger partial charge in [0, 0.05) is 12.1 Å². The van der Waals surface area contributed by atoms with Crippen molar-refractivity contribution in [2.45, 2.75) is 6.42 Å². The highest BCUT2D eigenvalue weighted by Crippen LogP contribution is 2.38. The van der Waals surface area contributed by atoms with Crippen LogP contribution in [0.15, 0.2) is 24.3 Å². The van der Waals surface area contributed by atoms with Gasteiger partial charge < -0.3 is 34.1 Å². The van der Waals surface area contributed by atoms with E-state index in [1.165, 1.54) is 26.4 Å². The number of hydrogen-bond donors (Lipinski definition) is 2. The van der Waals surface area contributed by atoms with E-state index in [4.69, 9.17) is 18.9 Å². The second-order valence-electron chi connectivity index (χ2n) is 7.02. The molecule has 2 aromatic rings. The highest BCUT2D eigenvalue weighted by atomic mass is 16.7. The Bertz CT molecular complexity index is 982. The summed E-state index contributed by atoms with van der Waals surface area (Å²) < 4.78 is 21.3. The molecular weight excluding hydrogens is 390 g/mol. The Labute approximate surface area is 174 Å². The Hall–Kier alpha value is -3.39. The molecule has 2 aromatic carbocycles. The number of carboxylic acids is 1. The quantitative estimate of drug-likeness (QED) is 0.501. The Morgan fingerprint density at radius 1 is 1.13 bits per heavy atom. The number of ether oxygens (including phenoxy) is 4. The van der Waals surface area contributed by atoms with Gasteiger partial charge in [-0.25, -0.2) is 4.79 Å². The maximum absolute atomic E-state index is 11.9. The first-order chi connectivity index (χ1) is 14.3. The topological polar surface area (TPSA) is 97.7 Å². The van der Waals surface area contributed by atoms with E-state index in [1.807, 2.05) is 20.2 Å². The largest absolute Gasteiger partial charge is 0.507 e. The minimum Gasteiger partial charge on any atom is -0.507 e. The van der Waals surface area contributed by atoms with E-state index in [0.29, 0.717) is 23.5 Å². The van der Waals surface area contributed by atoms with Crippen LogP contribution in [0.2, 0.25) is 0 Å². The molecule has 8 heteroatoms. The van der Waals surface area contributed by atoms with Crippen molar-refractivity contribution in [3.63, 3.8) is 0 Å². The molecular formula is C22H25NO7. The highest BCUT2D eigenvalue weighted by molar-refractivity contribution is 5.99. The summed E-state index contributed by atoms with van der Waals surface area (Å²) >= 11 is 0. The normalized spacial score (nSPS) is 12.9. The van der Waals surface area contributed by atoms with Gasteiger partial charge in [-0.15, -0.1) is 0 Å². The summed E-state index contributed by atoms with van der Waals surface area (Å²) in [6, 6.07) is 6.71. The van der Waals surface area contributed by atoms with E-state index in [-0.39, 0.29) is 35.2 Å². The molecule has 30 heavy (non-hydrogen) atoms. The summed E-state index contributed by atoms with van der Waals surface area (Å²) in [5, 5.41) is 20.6. The Morgan fingerprint density at radius 2 is 1.83 bits per heavy atom. The maximum atomic E-state index is 11.9. The van der Waals surface area contributed by atoms with E-state index < -0.39 is 5.97 Å². The van der Waals surface area contributed by atoms with E-state index in [2.05, 4.69) is 4.90 Å². The number of aliphatic hydroxyl groups is 1. The van der Waals surface area contributed by atoms with Crippen LogP contribution in [-0.4, -0.2) is 62.7 Å². The lowest BCUT2D eigenvalue weighted by Crippen LogP contribution is -2.15. The zero-order chi connectivity index (χ0) is 21.8. The summed E-state index contributed by atoms with van der Waals surface area (Å²) in [7, 11) is 6.72. The summed E-state index contributed by atoms with van der Waals surface area (Å²) in [4.78, 5) is 14.0. The fourth-order valence-electron chi connectivity index (χ4n) is 3.27. The lowest BCUT2D eigenvalue weighted by molar-refractivity contribution is 0.0691. The van der Waals surface area contributed by atoms with Crippen LogP contribution in [0.25, 0.3) is 11.8 Å². The lowest BCUT2D eigenvalue weighted by atomic mass is 9.98. The van der Waals surface area contributed by atoms with Crippen molar-refractivity contribution in [3.05, 3.63) is 46.5 Å². The summed E-state index contributed by atoms with van der Waals surface area (Å²) in [6.45, 7) is 0.929. The van der Waals surface area contributed by atoms with Crippen LogP contribution >= 0.6 is 0 Å². The molecule has 3 rings (SSSR count). The van der Waals surface area contributed by atoms with Crippen molar-refractivity contribution in [1.82, 2.24) is 4.90 Å². The van der Waals surface area contributed by atoms with Crippen LogP contribution in [-0.2, 0) is 6.42 Å². The van der Waals surface area contributed by atoms with Gasteiger partial charge in [0.2, 0.25) is 6.79 Å². The second-order valence-corrected chi connectivity index (χ2v) is 7.02. The Kier molecular flexibility index (Phi) is 6.37. The third-order valence-electron chi connectivity index (χ3n) is 4.79. The van der Waals surface area contributed by atoms with E-state index in [1.54, 1.807) is 12.1 Å². The molecule has 0 saturated heterocycles. The molecule has 0 bridgehead atoms. The first kappa shape index (κ1) is 21.3. The number of methoxy groups -OCH3 is 2. The molecule has 1 heterocycles. The minimum absolute atomic E-state index is 0.0426. The summed E-state index contributed by atoms with van der Waals surface area (Å²) in [5.74, 6) is 0.0888. The van der Waals surface area contributed by atoms with E-state index >= 15 is 0 Å². The predicted octanol–water partition coefficient (Wildman–Crippen LogP) is 3.29. The SMILES string of the molecule is COc1ccc(/C(O)=C/c2cc3c(cc2CCN(C)C)OCO3)c(C(=O)O)c1OC. The number of carboxylic acid groups (broad SMARTS) is 1.